The van der Waals surface area contributed by atoms with Gasteiger partial charge in [0.1, 0.15) is 11.4 Å². The van der Waals surface area contributed by atoms with Gasteiger partial charge in [0.05, 0.1) is 13.2 Å². The summed E-state index contributed by atoms with van der Waals surface area (Å²) < 4.78 is 10.9. The molecule has 1 rings (SSSR count). The lowest BCUT2D eigenvalue weighted by molar-refractivity contribution is -0.153. The van der Waals surface area contributed by atoms with Crippen LogP contribution in [0.5, 0.6) is 5.75 Å². The topological polar surface area (TPSA) is 47.6 Å². The first-order valence-electron chi connectivity index (χ1n) is 7.40. The molecule has 0 atom stereocenters. The van der Waals surface area contributed by atoms with Gasteiger partial charge in [-0.05, 0) is 44.4 Å². The molecule has 0 heterocycles. The highest BCUT2D eigenvalue weighted by molar-refractivity contribution is 5.72. The lowest BCUT2D eigenvalue weighted by Gasteiger charge is -2.19. The number of rotatable bonds is 7. The quantitative estimate of drug-likeness (QED) is 0.785. The van der Waals surface area contributed by atoms with Crippen LogP contribution in [0.15, 0.2) is 24.3 Å². The highest BCUT2D eigenvalue weighted by Gasteiger charge is 2.15. The first-order valence-corrected chi connectivity index (χ1v) is 7.40. The van der Waals surface area contributed by atoms with Gasteiger partial charge in [-0.2, -0.15) is 0 Å². The van der Waals surface area contributed by atoms with Crippen LogP contribution in [0.2, 0.25) is 0 Å². The Bertz CT molecular complexity index is 432. The van der Waals surface area contributed by atoms with Crippen molar-refractivity contribution in [3.63, 3.8) is 0 Å². The van der Waals surface area contributed by atoms with Crippen molar-refractivity contribution in [3.8, 4) is 5.75 Å². The monoisotopic (exact) mass is 293 g/mol. The molecule has 0 saturated heterocycles. The summed E-state index contributed by atoms with van der Waals surface area (Å²) in [5, 5.41) is 3.08. The zero-order valence-corrected chi connectivity index (χ0v) is 13.7. The molecule has 4 nitrogen and oxygen atoms in total. The average molecular weight is 293 g/mol. The van der Waals surface area contributed by atoms with Crippen molar-refractivity contribution in [2.45, 2.75) is 46.8 Å². The van der Waals surface area contributed by atoms with E-state index < -0.39 is 5.60 Å². The number of hydrogen-bond acceptors (Lipinski definition) is 4. The van der Waals surface area contributed by atoms with Crippen LogP contribution in [-0.2, 0) is 16.1 Å². The zero-order valence-electron chi connectivity index (χ0n) is 13.7. The molecule has 0 aliphatic carbocycles. The summed E-state index contributed by atoms with van der Waals surface area (Å²) in [5.74, 6) is 1.15. The second-order valence-corrected chi connectivity index (χ2v) is 6.54. The van der Waals surface area contributed by atoms with Crippen molar-refractivity contribution < 1.29 is 14.3 Å². The molecule has 21 heavy (non-hydrogen) atoms. The zero-order chi connectivity index (χ0) is 15.9. The van der Waals surface area contributed by atoms with Gasteiger partial charge in [0, 0.05) is 6.54 Å². The van der Waals surface area contributed by atoms with Crippen molar-refractivity contribution in [1.29, 1.82) is 0 Å². The van der Waals surface area contributed by atoms with E-state index in [0.717, 1.165) is 17.9 Å². The molecule has 0 saturated carbocycles. The summed E-state index contributed by atoms with van der Waals surface area (Å²) in [7, 11) is 0. The molecule has 0 fully saturated rings. The number of esters is 1. The van der Waals surface area contributed by atoms with E-state index >= 15 is 0 Å². The maximum Gasteiger partial charge on any atom is 0.320 e. The SMILES string of the molecule is CC(C)COc1ccc(CNCC(=O)OC(C)(C)C)cc1. The molecule has 0 aliphatic heterocycles. The number of ether oxygens (including phenoxy) is 2. The molecule has 0 amide bonds. The minimum Gasteiger partial charge on any atom is -0.493 e. The summed E-state index contributed by atoms with van der Waals surface area (Å²) in [4.78, 5) is 11.5. The van der Waals surface area contributed by atoms with Crippen molar-refractivity contribution in [2.24, 2.45) is 5.92 Å². The van der Waals surface area contributed by atoms with Crippen LogP contribution < -0.4 is 10.1 Å². The lowest BCUT2D eigenvalue weighted by atomic mass is 10.2. The molecular weight excluding hydrogens is 266 g/mol. The Morgan fingerprint density at radius 2 is 1.81 bits per heavy atom. The maximum atomic E-state index is 11.5. The van der Waals surface area contributed by atoms with Crippen molar-refractivity contribution in [2.75, 3.05) is 13.2 Å². The van der Waals surface area contributed by atoms with Gasteiger partial charge in [-0.3, -0.25) is 4.79 Å². The number of carbonyl (C=O) groups is 1. The van der Waals surface area contributed by atoms with Crippen LogP contribution >= 0.6 is 0 Å². The second-order valence-electron chi connectivity index (χ2n) is 6.54. The fourth-order valence-corrected chi connectivity index (χ4v) is 1.65. The summed E-state index contributed by atoms with van der Waals surface area (Å²) in [5.41, 5.74) is 0.671. The predicted molar refractivity (Wildman–Crippen MR) is 84.3 cm³/mol. The molecule has 1 aromatic carbocycles. The Labute approximate surface area is 127 Å². The van der Waals surface area contributed by atoms with Crippen LogP contribution in [0.1, 0.15) is 40.2 Å². The highest BCUT2D eigenvalue weighted by Crippen LogP contribution is 2.13. The summed E-state index contributed by atoms with van der Waals surface area (Å²) in [6.45, 7) is 11.4. The van der Waals surface area contributed by atoms with Gasteiger partial charge in [-0.15, -0.1) is 0 Å². The van der Waals surface area contributed by atoms with Crippen LogP contribution in [0.3, 0.4) is 0 Å². The minimum atomic E-state index is -0.436. The van der Waals surface area contributed by atoms with Gasteiger partial charge in [-0.25, -0.2) is 0 Å². The van der Waals surface area contributed by atoms with E-state index in [1.54, 1.807) is 0 Å². The average Bonchev–Trinajstić information content (AvgIpc) is 2.35. The largest absolute Gasteiger partial charge is 0.493 e. The molecule has 118 valence electrons. The summed E-state index contributed by atoms with van der Waals surface area (Å²) in [6, 6.07) is 7.90. The Morgan fingerprint density at radius 3 is 2.33 bits per heavy atom. The normalized spacial score (nSPS) is 11.5. The van der Waals surface area contributed by atoms with Crippen LogP contribution in [0.4, 0.5) is 0 Å². The van der Waals surface area contributed by atoms with Gasteiger partial charge in [0.15, 0.2) is 0 Å². The van der Waals surface area contributed by atoms with Crippen molar-refractivity contribution in [1.82, 2.24) is 5.32 Å². The van der Waals surface area contributed by atoms with Gasteiger partial charge in [-0.1, -0.05) is 26.0 Å². The number of benzene rings is 1. The Morgan fingerprint density at radius 1 is 1.19 bits per heavy atom. The first-order chi connectivity index (χ1) is 9.76. The maximum absolute atomic E-state index is 11.5. The van der Waals surface area contributed by atoms with Crippen molar-refractivity contribution >= 4 is 5.97 Å². The van der Waals surface area contributed by atoms with Crippen LogP contribution in [-0.4, -0.2) is 24.7 Å². The summed E-state index contributed by atoms with van der Waals surface area (Å²) >= 11 is 0. The summed E-state index contributed by atoms with van der Waals surface area (Å²) in [6.07, 6.45) is 0. The third kappa shape index (κ3) is 8.35. The third-order valence-corrected chi connectivity index (χ3v) is 2.53. The van der Waals surface area contributed by atoms with Gasteiger partial charge in [0.2, 0.25) is 0 Å². The Kier molecular flexibility index (Phi) is 6.69. The molecular formula is C17H27NO3. The third-order valence-electron chi connectivity index (χ3n) is 2.53. The fourth-order valence-electron chi connectivity index (χ4n) is 1.65. The van der Waals surface area contributed by atoms with E-state index in [2.05, 4.69) is 19.2 Å². The highest BCUT2D eigenvalue weighted by atomic mass is 16.6. The lowest BCUT2D eigenvalue weighted by Crippen LogP contribution is -2.31. The first kappa shape index (κ1) is 17.5. The number of hydrogen-bond donors (Lipinski definition) is 1. The molecule has 0 radical (unpaired) electrons. The van der Waals surface area contributed by atoms with E-state index in [4.69, 9.17) is 9.47 Å². The van der Waals surface area contributed by atoms with E-state index in [-0.39, 0.29) is 12.5 Å². The van der Waals surface area contributed by atoms with Crippen molar-refractivity contribution in [3.05, 3.63) is 29.8 Å². The molecule has 0 unspecified atom stereocenters. The van der Waals surface area contributed by atoms with Gasteiger partial charge in [0.25, 0.3) is 0 Å². The van der Waals surface area contributed by atoms with Gasteiger partial charge >= 0.3 is 5.97 Å². The smallest absolute Gasteiger partial charge is 0.320 e. The van der Waals surface area contributed by atoms with E-state index in [9.17, 15) is 4.79 Å². The predicted octanol–water partition coefficient (Wildman–Crippen LogP) is 3.15. The van der Waals surface area contributed by atoms with Crippen LogP contribution in [0, 0.1) is 5.92 Å². The molecule has 4 heteroatoms. The molecule has 0 aliphatic rings. The number of carbonyl (C=O) groups excluding carboxylic acids is 1. The second kappa shape index (κ2) is 8.03. The Hall–Kier alpha value is -1.55. The molecule has 0 aromatic heterocycles. The van der Waals surface area contributed by atoms with Crippen LogP contribution in [0.25, 0.3) is 0 Å². The minimum absolute atomic E-state index is 0.211. The molecule has 0 bridgehead atoms. The van der Waals surface area contributed by atoms with E-state index in [1.165, 1.54) is 0 Å². The molecule has 0 spiro atoms. The molecule has 1 N–H and O–H groups in total. The van der Waals surface area contributed by atoms with Gasteiger partial charge < -0.3 is 14.8 Å². The van der Waals surface area contributed by atoms with E-state index in [1.807, 2.05) is 45.0 Å². The molecule has 1 aromatic rings. The Balaban J connectivity index is 2.31. The standard InChI is InChI=1S/C17H27NO3/c1-13(2)12-20-15-8-6-14(7-9-15)10-18-11-16(19)21-17(3,4)5/h6-9,13,18H,10-12H2,1-5H3. The van der Waals surface area contributed by atoms with E-state index in [0.29, 0.717) is 12.5 Å². The number of nitrogens with one attached hydrogen (secondary N) is 1. The fraction of sp³-hybridized carbons (Fsp3) is 0.588.